The molecule has 1 aliphatic rings. The SMILES string of the molecule is CC1CN(c2cccc(N)c2)N(C)C1=O. The van der Waals surface area contributed by atoms with E-state index in [4.69, 9.17) is 5.73 Å². The fourth-order valence-corrected chi connectivity index (χ4v) is 1.86. The van der Waals surface area contributed by atoms with E-state index in [0.29, 0.717) is 5.69 Å². The maximum Gasteiger partial charge on any atom is 0.245 e. The molecule has 0 aliphatic carbocycles. The molecule has 0 spiro atoms. The van der Waals surface area contributed by atoms with Crippen molar-refractivity contribution >= 4 is 17.3 Å². The van der Waals surface area contributed by atoms with Crippen molar-refractivity contribution in [1.82, 2.24) is 5.01 Å². The van der Waals surface area contributed by atoms with Gasteiger partial charge in [0, 0.05) is 12.7 Å². The third kappa shape index (κ3) is 1.63. The second kappa shape index (κ2) is 3.46. The van der Waals surface area contributed by atoms with Crippen molar-refractivity contribution in [2.24, 2.45) is 5.92 Å². The van der Waals surface area contributed by atoms with Crippen LogP contribution in [0.3, 0.4) is 0 Å². The van der Waals surface area contributed by atoms with Crippen LogP contribution in [-0.4, -0.2) is 24.5 Å². The summed E-state index contributed by atoms with van der Waals surface area (Å²) in [5.74, 6) is 0.203. The molecule has 0 bridgehead atoms. The van der Waals surface area contributed by atoms with E-state index < -0.39 is 0 Å². The Balaban J connectivity index is 2.29. The fourth-order valence-electron chi connectivity index (χ4n) is 1.86. The van der Waals surface area contributed by atoms with Gasteiger partial charge in [0.25, 0.3) is 0 Å². The quantitative estimate of drug-likeness (QED) is 0.698. The molecule has 1 aromatic carbocycles. The van der Waals surface area contributed by atoms with E-state index in [9.17, 15) is 4.79 Å². The second-order valence-electron chi connectivity index (χ2n) is 3.94. The molecule has 4 heteroatoms. The number of carbonyl (C=O) groups excluding carboxylic acids is 1. The highest BCUT2D eigenvalue weighted by Gasteiger charge is 2.32. The maximum atomic E-state index is 11.6. The number of amides is 1. The maximum absolute atomic E-state index is 11.6. The van der Waals surface area contributed by atoms with Crippen LogP contribution < -0.4 is 10.7 Å². The summed E-state index contributed by atoms with van der Waals surface area (Å²) in [7, 11) is 1.79. The van der Waals surface area contributed by atoms with E-state index in [1.165, 1.54) is 0 Å². The summed E-state index contributed by atoms with van der Waals surface area (Å²) in [6, 6.07) is 7.57. The van der Waals surface area contributed by atoms with Crippen LogP contribution in [0.1, 0.15) is 6.92 Å². The van der Waals surface area contributed by atoms with Crippen LogP contribution in [0.25, 0.3) is 0 Å². The highest BCUT2D eigenvalue weighted by Crippen LogP contribution is 2.25. The van der Waals surface area contributed by atoms with Gasteiger partial charge in [-0.2, -0.15) is 0 Å². The molecule has 0 radical (unpaired) electrons. The summed E-state index contributed by atoms with van der Waals surface area (Å²) in [5, 5.41) is 3.60. The number of nitrogen functional groups attached to an aromatic ring is 1. The van der Waals surface area contributed by atoms with E-state index in [2.05, 4.69) is 0 Å². The molecule has 80 valence electrons. The molecule has 15 heavy (non-hydrogen) atoms. The first kappa shape index (κ1) is 9.83. The summed E-state index contributed by atoms with van der Waals surface area (Å²) >= 11 is 0. The van der Waals surface area contributed by atoms with Gasteiger partial charge in [-0.15, -0.1) is 0 Å². The van der Waals surface area contributed by atoms with E-state index in [-0.39, 0.29) is 11.8 Å². The number of benzene rings is 1. The van der Waals surface area contributed by atoms with Crippen LogP contribution in [0.5, 0.6) is 0 Å². The smallest absolute Gasteiger partial charge is 0.245 e. The minimum absolute atomic E-state index is 0.0523. The summed E-state index contributed by atoms with van der Waals surface area (Å²) in [6.45, 7) is 2.66. The van der Waals surface area contributed by atoms with Crippen LogP contribution in [0.4, 0.5) is 11.4 Å². The van der Waals surface area contributed by atoms with E-state index in [1.54, 1.807) is 12.1 Å². The number of anilines is 2. The highest BCUT2D eigenvalue weighted by molar-refractivity contribution is 5.84. The van der Waals surface area contributed by atoms with Gasteiger partial charge in [0.15, 0.2) is 0 Å². The van der Waals surface area contributed by atoms with E-state index in [1.807, 2.05) is 36.2 Å². The van der Waals surface area contributed by atoms with Gasteiger partial charge in [0.1, 0.15) is 0 Å². The number of rotatable bonds is 1. The van der Waals surface area contributed by atoms with Gasteiger partial charge in [-0.25, -0.2) is 0 Å². The largest absolute Gasteiger partial charge is 0.399 e. The molecule has 1 aliphatic heterocycles. The summed E-state index contributed by atoms with van der Waals surface area (Å²) in [6.07, 6.45) is 0. The van der Waals surface area contributed by atoms with Crippen molar-refractivity contribution in [2.45, 2.75) is 6.92 Å². The zero-order valence-corrected chi connectivity index (χ0v) is 8.97. The van der Waals surface area contributed by atoms with Crippen LogP contribution in [0.15, 0.2) is 24.3 Å². The van der Waals surface area contributed by atoms with Crippen LogP contribution >= 0.6 is 0 Å². The monoisotopic (exact) mass is 205 g/mol. The van der Waals surface area contributed by atoms with Gasteiger partial charge < -0.3 is 5.73 Å². The van der Waals surface area contributed by atoms with Gasteiger partial charge in [0.05, 0.1) is 18.2 Å². The first-order chi connectivity index (χ1) is 7.09. The molecule has 1 aromatic rings. The Morgan fingerprint density at radius 3 is 2.73 bits per heavy atom. The molecule has 4 nitrogen and oxygen atoms in total. The first-order valence-corrected chi connectivity index (χ1v) is 5.00. The fraction of sp³-hybridized carbons (Fsp3) is 0.364. The topological polar surface area (TPSA) is 49.6 Å². The molecule has 0 saturated carbocycles. The number of hydrazine groups is 1. The van der Waals surface area contributed by atoms with Gasteiger partial charge >= 0.3 is 0 Å². The number of nitrogens with two attached hydrogens (primary N) is 1. The van der Waals surface area contributed by atoms with Gasteiger partial charge in [-0.1, -0.05) is 13.0 Å². The second-order valence-corrected chi connectivity index (χ2v) is 3.94. The zero-order valence-electron chi connectivity index (χ0n) is 8.97. The molecule has 1 heterocycles. The average molecular weight is 205 g/mol. The van der Waals surface area contributed by atoms with E-state index in [0.717, 1.165) is 12.2 Å². The lowest BCUT2D eigenvalue weighted by Gasteiger charge is -2.26. The molecule has 1 atom stereocenters. The molecule has 1 unspecified atom stereocenters. The minimum Gasteiger partial charge on any atom is -0.399 e. The summed E-state index contributed by atoms with van der Waals surface area (Å²) < 4.78 is 0. The Bertz CT molecular complexity index is 391. The van der Waals surface area contributed by atoms with Crippen molar-refractivity contribution in [3.63, 3.8) is 0 Å². The lowest BCUT2D eigenvalue weighted by Crippen LogP contribution is -2.35. The molecule has 1 fully saturated rings. The molecular formula is C11H15N3O. The number of hydrogen-bond acceptors (Lipinski definition) is 3. The predicted molar refractivity (Wildman–Crippen MR) is 60.1 cm³/mol. The van der Waals surface area contributed by atoms with Gasteiger partial charge in [0.2, 0.25) is 5.91 Å². The zero-order chi connectivity index (χ0) is 11.0. The third-order valence-corrected chi connectivity index (χ3v) is 2.72. The summed E-state index contributed by atoms with van der Waals surface area (Å²) in [4.78, 5) is 11.6. The normalized spacial score (nSPS) is 21.2. The van der Waals surface area contributed by atoms with Crippen molar-refractivity contribution in [1.29, 1.82) is 0 Å². The minimum atomic E-state index is 0.0523. The highest BCUT2D eigenvalue weighted by atomic mass is 16.2. The van der Waals surface area contributed by atoms with Crippen LogP contribution in [0, 0.1) is 5.92 Å². The van der Waals surface area contributed by atoms with Crippen molar-refractivity contribution < 1.29 is 4.79 Å². The lowest BCUT2D eigenvalue weighted by molar-refractivity contribution is -0.129. The Labute approximate surface area is 89.2 Å². The molecule has 2 rings (SSSR count). The Kier molecular flexibility index (Phi) is 2.26. The molecule has 1 saturated heterocycles. The average Bonchev–Trinajstić information content (AvgIpc) is 2.46. The summed E-state index contributed by atoms with van der Waals surface area (Å²) in [5.41, 5.74) is 7.39. The first-order valence-electron chi connectivity index (χ1n) is 5.00. The van der Waals surface area contributed by atoms with Gasteiger partial charge in [-0.3, -0.25) is 14.8 Å². The molecule has 0 aromatic heterocycles. The van der Waals surface area contributed by atoms with Crippen molar-refractivity contribution in [3.8, 4) is 0 Å². The van der Waals surface area contributed by atoms with Crippen LogP contribution in [-0.2, 0) is 4.79 Å². The molecule has 2 N–H and O–H groups in total. The van der Waals surface area contributed by atoms with Crippen molar-refractivity contribution in [3.05, 3.63) is 24.3 Å². The standard InChI is InChI=1S/C11H15N3O/c1-8-7-14(13(2)11(8)15)10-5-3-4-9(12)6-10/h3-6,8H,7,12H2,1-2H3. The van der Waals surface area contributed by atoms with E-state index >= 15 is 0 Å². The molecule has 1 amide bonds. The Morgan fingerprint density at radius 1 is 1.47 bits per heavy atom. The lowest BCUT2D eigenvalue weighted by atomic mass is 10.2. The predicted octanol–water partition coefficient (Wildman–Crippen LogP) is 1.10. The molecular weight excluding hydrogens is 190 g/mol. The Hall–Kier alpha value is -1.71. The Morgan fingerprint density at radius 2 is 2.20 bits per heavy atom. The number of nitrogens with zero attached hydrogens (tertiary/aromatic N) is 2. The third-order valence-electron chi connectivity index (χ3n) is 2.72. The van der Waals surface area contributed by atoms with Crippen molar-refractivity contribution in [2.75, 3.05) is 24.3 Å². The van der Waals surface area contributed by atoms with Crippen LogP contribution in [0.2, 0.25) is 0 Å². The number of carbonyl (C=O) groups is 1. The number of hydrogen-bond donors (Lipinski definition) is 1. The van der Waals surface area contributed by atoms with Gasteiger partial charge in [-0.05, 0) is 18.2 Å².